The summed E-state index contributed by atoms with van der Waals surface area (Å²) in [6, 6.07) is 4.95. The number of halogens is 1. The Labute approximate surface area is 155 Å². The molecule has 2 heterocycles. The van der Waals surface area contributed by atoms with E-state index in [4.69, 9.17) is 22.1 Å². The number of nitrogens with two attached hydrogens (primary N) is 1. The summed E-state index contributed by atoms with van der Waals surface area (Å²) >= 11 is 7.48. The quantitative estimate of drug-likeness (QED) is 0.491. The normalized spacial score (nSPS) is 14.2. The van der Waals surface area contributed by atoms with Crippen molar-refractivity contribution in [1.82, 2.24) is 4.90 Å². The van der Waals surface area contributed by atoms with Gasteiger partial charge >= 0.3 is 5.97 Å². The Bertz CT molecular complexity index is 819. The van der Waals surface area contributed by atoms with E-state index >= 15 is 0 Å². The number of carbonyl (C=O) groups excluding carboxylic acids is 2. The maximum atomic E-state index is 12.8. The molecule has 0 saturated carbocycles. The van der Waals surface area contributed by atoms with Gasteiger partial charge in [-0.05, 0) is 37.1 Å². The third kappa shape index (κ3) is 3.86. The van der Waals surface area contributed by atoms with Crippen molar-refractivity contribution < 1.29 is 14.3 Å². The van der Waals surface area contributed by atoms with E-state index in [0.29, 0.717) is 29.4 Å². The fourth-order valence-electron chi connectivity index (χ4n) is 2.94. The number of hydrogen-bond donors (Lipinski definition) is 1. The maximum Gasteiger partial charge on any atom is 0.320 e. The lowest BCUT2D eigenvalue weighted by atomic mass is 9.97. The number of ether oxygens (including phenoxy) is 1. The van der Waals surface area contributed by atoms with Gasteiger partial charge in [0.25, 0.3) is 0 Å². The minimum Gasteiger partial charge on any atom is -0.465 e. The standard InChI is InChI=1S/C18H19ClN2O3S/c1-2-24-17(22)9-21-6-5-12-13(10-25-16(12)8-21)18(23)11-3-4-14(19)15(20)7-11/h3-4,7,10H,2,5-6,8-9,20H2,1H3. The van der Waals surface area contributed by atoms with Crippen molar-refractivity contribution in [2.75, 3.05) is 25.4 Å². The summed E-state index contributed by atoms with van der Waals surface area (Å²) in [5, 5.41) is 2.34. The maximum absolute atomic E-state index is 12.8. The first kappa shape index (κ1) is 17.9. The molecule has 3 rings (SSSR count). The Kier molecular flexibility index (Phi) is 5.42. The molecule has 1 aliphatic rings. The van der Waals surface area contributed by atoms with Crippen LogP contribution < -0.4 is 5.73 Å². The molecule has 0 spiro atoms. The third-order valence-electron chi connectivity index (χ3n) is 4.19. The van der Waals surface area contributed by atoms with Crippen molar-refractivity contribution in [3.63, 3.8) is 0 Å². The number of anilines is 1. The summed E-state index contributed by atoms with van der Waals surface area (Å²) in [7, 11) is 0. The van der Waals surface area contributed by atoms with Gasteiger partial charge in [0, 0.05) is 34.5 Å². The number of ketones is 1. The molecule has 0 radical (unpaired) electrons. The lowest BCUT2D eigenvalue weighted by Gasteiger charge is -2.26. The van der Waals surface area contributed by atoms with Crippen LogP contribution in [0.1, 0.15) is 33.3 Å². The van der Waals surface area contributed by atoms with Gasteiger partial charge in [-0.15, -0.1) is 11.3 Å². The molecule has 1 aliphatic heterocycles. The van der Waals surface area contributed by atoms with Crippen LogP contribution in [0.3, 0.4) is 0 Å². The van der Waals surface area contributed by atoms with Gasteiger partial charge < -0.3 is 10.5 Å². The molecule has 0 bridgehead atoms. The predicted octanol–water partition coefficient (Wildman–Crippen LogP) is 3.14. The Morgan fingerprint density at radius 2 is 2.20 bits per heavy atom. The second-order valence-corrected chi connectivity index (χ2v) is 7.25. The molecule has 1 aromatic heterocycles. The van der Waals surface area contributed by atoms with Gasteiger partial charge in [-0.1, -0.05) is 11.6 Å². The molecule has 7 heteroatoms. The first-order valence-electron chi connectivity index (χ1n) is 8.06. The van der Waals surface area contributed by atoms with E-state index < -0.39 is 0 Å². The van der Waals surface area contributed by atoms with Crippen LogP contribution in [0.5, 0.6) is 0 Å². The lowest BCUT2D eigenvalue weighted by molar-refractivity contribution is -0.144. The Balaban J connectivity index is 1.76. The number of rotatable bonds is 5. The van der Waals surface area contributed by atoms with Gasteiger partial charge in [0.1, 0.15) is 0 Å². The van der Waals surface area contributed by atoms with Crippen molar-refractivity contribution >= 4 is 40.4 Å². The minimum atomic E-state index is -0.213. The van der Waals surface area contributed by atoms with E-state index in [1.54, 1.807) is 36.5 Å². The highest BCUT2D eigenvalue weighted by Gasteiger charge is 2.25. The van der Waals surface area contributed by atoms with E-state index in [9.17, 15) is 9.59 Å². The molecular formula is C18H19ClN2O3S. The number of thiophene rings is 1. The van der Waals surface area contributed by atoms with Crippen molar-refractivity contribution in [1.29, 1.82) is 0 Å². The summed E-state index contributed by atoms with van der Waals surface area (Å²) in [4.78, 5) is 27.6. The van der Waals surface area contributed by atoms with E-state index in [1.165, 1.54) is 0 Å². The zero-order valence-electron chi connectivity index (χ0n) is 13.9. The van der Waals surface area contributed by atoms with E-state index in [1.807, 2.05) is 10.3 Å². The van der Waals surface area contributed by atoms with Gasteiger partial charge in [-0.3, -0.25) is 14.5 Å². The summed E-state index contributed by atoms with van der Waals surface area (Å²) in [5.74, 6) is -0.254. The number of esters is 1. The molecule has 0 aliphatic carbocycles. The van der Waals surface area contributed by atoms with Crippen LogP contribution in [-0.4, -0.2) is 36.3 Å². The average molecular weight is 379 g/mol. The zero-order chi connectivity index (χ0) is 18.0. The Morgan fingerprint density at radius 3 is 2.92 bits per heavy atom. The molecule has 2 aromatic rings. The number of carbonyl (C=O) groups is 2. The summed E-state index contributed by atoms with van der Waals surface area (Å²) in [6.45, 7) is 3.86. The highest BCUT2D eigenvalue weighted by Crippen LogP contribution is 2.31. The van der Waals surface area contributed by atoms with Crippen LogP contribution in [-0.2, 0) is 22.5 Å². The van der Waals surface area contributed by atoms with Crippen molar-refractivity contribution in [2.45, 2.75) is 19.9 Å². The average Bonchev–Trinajstić information content (AvgIpc) is 3.00. The first-order chi connectivity index (χ1) is 12.0. The number of nitrogens with zero attached hydrogens (tertiary/aromatic N) is 1. The van der Waals surface area contributed by atoms with Crippen molar-refractivity contribution in [3.05, 3.63) is 50.2 Å². The third-order valence-corrected chi connectivity index (χ3v) is 5.54. The molecule has 0 fully saturated rings. The van der Waals surface area contributed by atoms with E-state index in [2.05, 4.69) is 0 Å². The monoisotopic (exact) mass is 378 g/mol. The number of fused-ring (bicyclic) bond motifs is 1. The van der Waals surface area contributed by atoms with E-state index in [0.717, 1.165) is 29.0 Å². The van der Waals surface area contributed by atoms with Gasteiger partial charge in [0.05, 0.1) is 23.9 Å². The lowest BCUT2D eigenvalue weighted by Crippen LogP contribution is -2.35. The molecule has 0 atom stereocenters. The van der Waals surface area contributed by atoms with Crippen LogP contribution in [0, 0.1) is 0 Å². The van der Waals surface area contributed by atoms with Gasteiger partial charge in [0.2, 0.25) is 0 Å². The predicted molar refractivity (Wildman–Crippen MR) is 99.2 cm³/mol. The topological polar surface area (TPSA) is 72.6 Å². The number of benzene rings is 1. The van der Waals surface area contributed by atoms with Crippen LogP contribution in [0.15, 0.2) is 23.6 Å². The molecule has 0 saturated heterocycles. The van der Waals surface area contributed by atoms with Gasteiger partial charge in [-0.2, -0.15) is 0 Å². The van der Waals surface area contributed by atoms with Crippen LogP contribution in [0.25, 0.3) is 0 Å². The van der Waals surface area contributed by atoms with Crippen LogP contribution in [0.4, 0.5) is 5.69 Å². The number of nitrogen functional groups attached to an aromatic ring is 1. The van der Waals surface area contributed by atoms with E-state index in [-0.39, 0.29) is 18.3 Å². The molecule has 1 aromatic carbocycles. The molecular weight excluding hydrogens is 360 g/mol. The SMILES string of the molecule is CCOC(=O)CN1CCc2c(C(=O)c3ccc(Cl)c(N)c3)csc2C1. The van der Waals surface area contributed by atoms with Crippen molar-refractivity contribution in [3.8, 4) is 0 Å². The van der Waals surface area contributed by atoms with Gasteiger partial charge in [0.15, 0.2) is 5.78 Å². The minimum absolute atomic E-state index is 0.0419. The Hall–Kier alpha value is -1.89. The molecule has 0 unspecified atom stereocenters. The van der Waals surface area contributed by atoms with Crippen LogP contribution >= 0.6 is 22.9 Å². The van der Waals surface area contributed by atoms with Gasteiger partial charge in [-0.25, -0.2) is 0 Å². The molecule has 132 valence electrons. The molecule has 0 amide bonds. The highest BCUT2D eigenvalue weighted by atomic mass is 35.5. The number of hydrogen-bond acceptors (Lipinski definition) is 6. The molecule has 2 N–H and O–H groups in total. The van der Waals surface area contributed by atoms with Crippen LogP contribution in [0.2, 0.25) is 5.02 Å². The Morgan fingerprint density at radius 1 is 1.40 bits per heavy atom. The fourth-order valence-corrected chi connectivity index (χ4v) is 4.17. The second kappa shape index (κ2) is 7.56. The smallest absolute Gasteiger partial charge is 0.320 e. The zero-order valence-corrected chi connectivity index (χ0v) is 15.5. The fraction of sp³-hybridized carbons (Fsp3) is 0.333. The summed E-state index contributed by atoms with van der Waals surface area (Å²) < 4.78 is 5.00. The highest BCUT2D eigenvalue weighted by molar-refractivity contribution is 7.10. The largest absolute Gasteiger partial charge is 0.465 e. The molecule has 25 heavy (non-hydrogen) atoms. The van der Waals surface area contributed by atoms with Crippen molar-refractivity contribution in [2.24, 2.45) is 0 Å². The summed E-state index contributed by atoms with van der Waals surface area (Å²) in [6.07, 6.45) is 0.738. The second-order valence-electron chi connectivity index (χ2n) is 5.88. The summed E-state index contributed by atoms with van der Waals surface area (Å²) in [5.41, 5.74) is 8.54. The molecule has 5 nitrogen and oxygen atoms in total. The first-order valence-corrected chi connectivity index (χ1v) is 9.32.